The summed E-state index contributed by atoms with van der Waals surface area (Å²) in [4.78, 5) is 15.1. The zero-order valence-corrected chi connectivity index (χ0v) is 17.9. The van der Waals surface area contributed by atoms with Crippen molar-refractivity contribution in [2.24, 2.45) is 0 Å². The predicted octanol–water partition coefficient (Wildman–Crippen LogP) is 5.89. The molecule has 0 aromatic heterocycles. The van der Waals surface area contributed by atoms with Crippen LogP contribution in [-0.2, 0) is 13.1 Å². The quantitative estimate of drug-likeness (QED) is 0.463. The number of nitrogens with zero attached hydrogens (tertiary/aromatic N) is 1. The highest BCUT2D eigenvalue weighted by molar-refractivity contribution is 6.32. The topological polar surface area (TPSA) is 38.8 Å². The van der Waals surface area contributed by atoms with Crippen LogP contribution in [0.15, 0.2) is 54.3 Å². The number of carbonyl (C=O) groups excluding carboxylic acids is 1. The molecule has 0 saturated carbocycles. The van der Waals surface area contributed by atoms with Crippen molar-refractivity contribution in [1.29, 1.82) is 0 Å². The number of hydrogen-bond acceptors (Lipinski definition) is 4. The van der Waals surface area contributed by atoms with Crippen molar-refractivity contribution in [3.05, 3.63) is 98.8 Å². The summed E-state index contributed by atoms with van der Waals surface area (Å²) < 4.78 is 39.2. The summed E-state index contributed by atoms with van der Waals surface area (Å²) >= 11 is 6.10. The van der Waals surface area contributed by atoms with Gasteiger partial charge in [-0.25, -0.2) is 8.78 Å². The van der Waals surface area contributed by atoms with Gasteiger partial charge in [0.05, 0.1) is 10.6 Å². The molecule has 0 fully saturated rings. The highest BCUT2D eigenvalue weighted by Gasteiger charge is 2.34. The molecule has 0 N–H and O–H groups in total. The van der Waals surface area contributed by atoms with Crippen molar-refractivity contribution < 1.29 is 23.0 Å². The zero-order valence-electron chi connectivity index (χ0n) is 17.1. The molecule has 7 heteroatoms. The summed E-state index contributed by atoms with van der Waals surface area (Å²) in [6.07, 6.45) is 1.33. The van der Waals surface area contributed by atoms with E-state index in [0.717, 1.165) is 16.7 Å². The molecule has 5 rings (SSSR count). The first-order chi connectivity index (χ1) is 15.4. The zero-order chi connectivity index (χ0) is 22.4. The third-order valence-corrected chi connectivity index (χ3v) is 5.93. The molecule has 0 spiro atoms. The molecule has 3 aromatic carbocycles. The molecule has 0 amide bonds. The van der Waals surface area contributed by atoms with E-state index in [2.05, 4.69) is 4.90 Å². The van der Waals surface area contributed by atoms with Crippen LogP contribution < -0.4 is 9.47 Å². The van der Waals surface area contributed by atoms with Gasteiger partial charge in [0.1, 0.15) is 29.9 Å². The van der Waals surface area contributed by atoms with Crippen LogP contribution in [0.4, 0.5) is 8.78 Å². The molecule has 2 aliphatic rings. The first-order valence-electron chi connectivity index (χ1n) is 10.0. The van der Waals surface area contributed by atoms with Gasteiger partial charge in [-0.3, -0.25) is 9.69 Å². The van der Waals surface area contributed by atoms with Crippen molar-refractivity contribution in [1.82, 2.24) is 4.90 Å². The number of benzene rings is 3. The Morgan fingerprint density at radius 3 is 2.66 bits per heavy atom. The molecule has 32 heavy (non-hydrogen) atoms. The largest absolute Gasteiger partial charge is 0.477 e. The minimum atomic E-state index is -0.534. The number of allylic oxidation sites excluding steroid dienone is 1. The van der Waals surface area contributed by atoms with Gasteiger partial charge >= 0.3 is 0 Å². The standard InChI is InChI=1S/C25H18ClF2NO3/c1-14-24-16(12-29(13-31-24)11-15-5-7-17(27)8-6-15)9-19-23(30)22(32-25(14)19)10-18-20(26)3-2-4-21(18)28/h2-10H,11-13H2,1H3/b22-10-. The van der Waals surface area contributed by atoms with E-state index in [0.29, 0.717) is 36.9 Å². The van der Waals surface area contributed by atoms with Crippen LogP contribution in [0, 0.1) is 18.6 Å². The number of Topliss-reactive ketones (excluding diaryl/α,β-unsaturated/α-hetero) is 1. The number of ketones is 1. The molecule has 2 heterocycles. The third kappa shape index (κ3) is 3.66. The molecule has 2 aliphatic heterocycles. The number of fused-ring (bicyclic) bond motifs is 2. The van der Waals surface area contributed by atoms with Crippen molar-refractivity contribution in [2.75, 3.05) is 6.73 Å². The Morgan fingerprint density at radius 1 is 1.12 bits per heavy atom. The number of rotatable bonds is 3. The van der Waals surface area contributed by atoms with E-state index in [-0.39, 0.29) is 27.9 Å². The number of halogens is 3. The molecule has 0 bridgehead atoms. The Hall–Kier alpha value is -3.22. The Morgan fingerprint density at radius 2 is 1.91 bits per heavy atom. The van der Waals surface area contributed by atoms with Gasteiger partial charge in [-0.1, -0.05) is 29.8 Å². The lowest BCUT2D eigenvalue weighted by atomic mass is 9.99. The molecule has 0 saturated heterocycles. The molecule has 0 unspecified atom stereocenters. The first-order valence-corrected chi connectivity index (χ1v) is 10.4. The first kappa shape index (κ1) is 20.7. The number of ether oxygens (including phenoxy) is 2. The summed E-state index contributed by atoms with van der Waals surface area (Å²) in [5.41, 5.74) is 3.05. The van der Waals surface area contributed by atoms with E-state index in [1.165, 1.54) is 30.3 Å². The van der Waals surface area contributed by atoms with Gasteiger partial charge in [-0.15, -0.1) is 0 Å². The second-order valence-electron chi connectivity index (χ2n) is 7.83. The molecule has 0 radical (unpaired) electrons. The average Bonchev–Trinajstić information content (AvgIpc) is 3.08. The third-order valence-electron chi connectivity index (χ3n) is 5.60. The van der Waals surface area contributed by atoms with E-state index in [9.17, 15) is 13.6 Å². The maximum absolute atomic E-state index is 14.2. The van der Waals surface area contributed by atoms with E-state index in [1.807, 2.05) is 6.92 Å². The summed E-state index contributed by atoms with van der Waals surface area (Å²) in [6.45, 7) is 3.33. The lowest BCUT2D eigenvalue weighted by Gasteiger charge is -2.30. The van der Waals surface area contributed by atoms with Crippen molar-refractivity contribution >= 4 is 23.5 Å². The van der Waals surface area contributed by atoms with Crippen LogP contribution in [-0.4, -0.2) is 17.4 Å². The molecule has 0 atom stereocenters. The van der Waals surface area contributed by atoms with E-state index in [4.69, 9.17) is 21.1 Å². The highest BCUT2D eigenvalue weighted by Crippen LogP contribution is 2.43. The van der Waals surface area contributed by atoms with Crippen LogP contribution in [0.2, 0.25) is 5.02 Å². The lowest BCUT2D eigenvalue weighted by Crippen LogP contribution is -2.32. The summed E-state index contributed by atoms with van der Waals surface area (Å²) in [5.74, 6) is -0.0367. The second-order valence-corrected chi connectivity index (χ2v) is 8.24. The van der Waals surface area contributed by atoms with Gasteiger partial charge < -0.3 is 9.47 Å². The Labute approximate surface area is 188 Å². The second kappa shape index (κ2) is 8.04. The Kier molecular flexibility index (Phi) is 5.19. The summed E-state index contributed by atoms with van der Waals surface area (Å²) in [7, 11) is 0. The molecular formula is C25H18ClF2NO3. The van der Waals surface area contributed by atoms with E-state index < -0.39 is 5.82 Å². The summed E-state index contributed by atoms with van der Waals surface area (Å²) in [6, 6.07) is 12.4. The van der Waals surface area contributed by atoms with Crippen molar-refractivity contribution in [2.45, 2.75) is 20.0 Å². The monoisotopic (exact) mass is 453 g/mol. The van der Waals surface area contributed by atoms with Crippen LogP contribution >= 0.6 is 11.6 Å². The fraction of sp³-hybridized carbons (Fsp3) is 0.160. The van der Waals surface area contributed by atoms with Gasteiger partial charge in [-0.2, -0.15) is 0 Å². The number of hydrogen-bond donors (Lipinski definition) is 0. The average molecular weight is 454 g/mol. The van der Waals surface area contributed by atoms with Gasteiger partial charge in [0.25, 0.3) is 0 Å². The molecule has 4 nitrogen and oxygen atoms in total. The summed E-state index contributed by atoms with van der Waals surface area (Å²) in [5, 5.41) is 0.195. The van der Waals surface area contributed by atoms with Crippen LogP contribution in [0.25, 0.3) is 6.08 Å². The predicted molar refractivity (Wildman–Crippen MR) is 117 cm³/mol. The van der Waals surface area contributed by atoms with Gasteiger partial charge in [0, 0.05) is 29.8 Å². The fourth-order valence-corrected chi connectivity index (χ4v) is 4.24. The van der Waals surface area contributed by atoms with Crippen molar-refractivity contribution in [3.63, 3.8) is 0 Å². The molecular weight excluding hydrogens is 436 g/mol. The van der Waals surface area contributed by atoms with Crippen LogP contribution in [0.5, 0.6) is 11.5 Å². The normalized spacial score (nSPS) is 16.5. The molecule has 0 aliphatic carbocycles. The molecule has 3 aromatic rings. The van der Waals surface area contributed by atoms with Crippen LogP contribution in [0.3, 0.4) is 0 Å². The van der Waals surface area contributed by atoms with Crippen LogP contribution in [0.1, 0.15) is 32.6 Å². The lowest BCUT2D eigenvalue weighted by molar-refractivity contribution is 0.0876. The SMILES string of the molecule is Cc1c2c(cc3c1O/C(=C\c1c(F)cccc1Cl)C3=O)CN(Cc1ccc(F)cc1)CO2. The Bertz CT molecular complexity index is 1250. The fourth-order valence-electron chi connectivity index (χ4n) is 4.03. The smallest absolute Gasteiger partial charge is 0.231 e. The van der Waals surface area contributed by atoms with Gasteiger partial charge in [0.15, 0.2) is 5.76 Å². The minimum absolute atomic E-state index is 0.0145. The van der Waals surface area contributed by atoms with Crippen molar-refractivity contribution in [3.8, 4) is 11.5 Å². The molecule has 162 valence electrons. The Balaban J connectivity index is 1.44. The van der Waals surface area contributed by atoms with Gasteiger partial charge in [-0.05, 0) is 48.9 Å². The maximum atomic E-state index is 14.2. The van der Waals surface area contributed by atoms with E-state index in [1.54, 1.807) is 24.3 Å². The maximum Gasteiger partial charge on any atom is 0.231 e. The van der Waals surface area contributed by atoms with Gasteiger partial charge in [0.2, 0.25) is 5.78 Å². The van der Waals surface area contributed by atoms with E-state index >= 15 is 0 Å². The highest BCUT2D eigenvalue weighted by atomic mass is 35.5. The minimum Gasteiger partial charge on any atom is -0.477 e. The number of carbonyl (C=O) groups is 1.